The summed E-state index contributed by atoms with van der Waals surface area (Å²) in [7, 11) is 0. The molecule has 0 atom stereocenters. The quantitative estimate of drug-likeness (QED) is 0.429. The number of hydrogen-bond donors (Lipinski definition) is 1. The first kappa shape index (κ1) is 10.2. The molecule has 1 N–H and O–H groups in total. The van der Waals surface area contributed by atoms with Gasteiger partial charge in [0.1, 0.15) is 0 Å². The Labute approximate surface area is 82.2 Å². The van der Waals surface area contributed by atoms with Crippen LogP contribution >= 0.6 is 0 Å². The second-order valence-corrected chi connectivity index (χ2v) is 2.95. The molecule has 0 radical (unpaired) electrons. The molecule has 0 spiro atoms. The molecular weight excluding hydrogens is 178 g/mol. The number of benzene rings is 1. The molecule has 0 unspecified atom stereocenters. The molecular formula is C10H11N3O. The van der Waals surface area contributed by atoms with Gasteiger partial charge < -0.3 is 10.8 Å². The van der Waals surface area contributed by atoms with Gasteiger partial charge in [-0.05, 0) is 18.2 Å². The Balaban J connectivity index is 3.01. The molecule has 0 bridgehead atoms. The van der Waals surface area contributed by atoms with E-state index in [-0.39, 0.29) is 5.91 Å². The van der Waals surface area contributed by atoms with Crippen molar-refractivity contribution in [2.24, 2.45) is 0 Å². The summed E-state index contributed by atoms with van der Waals surface area (Å²) in [4.78, 5) is 13.9. The Morgan fingerprint density at radius 1 is 1.43 bits per heavy atom. The minimum absolute atomic E-state index is 0.124. The Bertz CT molecular complexity index is 406. The number of amides is 1. The monoisotopic (exact) mass is 189 g/mol. The number of rotatable bonds is 2. The molecule has 1 aromatic carbocycles. The van der Waals surface area contributed by atoms with Crippen LogP contribution in [0, 0.1) is 0 Å². The smallest absolute Gasteiger partial charge is 0.296 e. The van der Waals surface area contributed by atoms with Crippen molar-refractivity contribution < 1.29 is 9.58 Å². The number of nitrogens with one attached hydrogen (secondary N) is 1. The molecule has 0 saturated heterocycles. The molecule has 0 heterocycles. The highest BCUT2D eigenvalue weighted by Crippen LogP contribution is 2.10. The lowest BCUT2D eigenvalue weighted by atomic mass is 10.1. The van der Waals surface area contributed by atoms with Crippen molar-refractivity contribution in [3.8, 4) is 0 Å². The summed E-state index contributed by atoms with van der Waals surface area (Å²) in [6.45, 7) is 3.13. The molecule has 0 aromatic heterocycles. The molecule has 14 heavy (non-hydrogen) atoms. The summed E-state index contributed by atoms with van der Waals surface area (Å²) in [6, 6.07) is 7.11. The van der Waals surface area contributed by atoms with Gasteiger partial charge in [0, 0.05) is 19.5 Å². The Hall–Kier alpha value is -1.93. The highest BCUT2D eigenvalue weighted by atomic mass is 16.1. The highest BCUT2D eigenvalue weighted by Gasteiger charge is 2.05. The van der Waals surface area contributed by atoms with Crippen LogP contribution in [0.2, 0.25) is 0 Å². The van der Waals surface area contributed by atoms with Crippen molar-refractivity contribution in [2.75, 3.05) is 5.32 Å². The first-order chi connectivity index (χ1) is 6.63. The van der Waals surface area contributed by atoms with Crippen LogP contribution in [-0.2, 0) is 4.79 Å². The average Bonchev–Trinajstić information content (AvgIpc) is 2.16. The number of nitrogens with zero attached hydrogens (tertiary/aromatic N) is 2. The molecule has 0 aliphatic rings. The van der Waals surface area contributed by atoms with Crippen molar-refractivity contribution in [1.82, 2.24) is 0 Å². The average molecular weight is 189 g/mol. The zero-order valence-electron chi connectivity index (χ0n) is 8.11. The third-order valence-electron chi connectivity index (χ3n) is 1.75. The number of anilines is 1. The van der Waals surface area contributed by atoms with Gasteiger partial charge >= 0.3 is 0 Å². The minimum atomic E-state index is -0.124. The van der Waals surface area contributed by atoms with Gasteiger partial charge in [0.05, 0.1) is 5.56 Å². The molecule has 0 aliphatic carbocycles. The van der Waals surface area contributed by atoms with Crippen molar-refractivity contribution in [3.63, 3.8) is 0 Å². The zero-order valence-corrected chi connectivity index (χ0v) is 8.11. The summed E-state index contributed by atoms with van der Waals surface area (Å²) in [5.74, 6) is -0.124. The number of hydrogen-bond acceptors (Lipinski definition) is 1. The van der Waals surface area contributed by atoms with Crippen molar-refractivity contribution >= 4 is 17.3 Å². The van der Waals surface area contributed by atoms with E-state index in [1.807, 2.05) is 0 Å². The predicted octanol–water partition coefficient (Wildman–Crippen LogP) is 1.68. The van der Waals surface area contributed by atoms with Crippen LogP contribution in [0.4, 0.5) is 5.69 Å². The third kappa shape index (κ3) is 2.54. The molecule has 1 rings (SSSR count). The van der Waals surface area contributed by atoms with Crippen LogP contribution in [0.3, 0.4) is 0 Å². The molecule has 0 saturated carbocycles. The van der Waals surface area contributed by atoms with Crippen molar-refractivity contribution in [3.05, 3.63) is 35.4 Å². The van der Waals surface area contributed by atoms with E-state index in [1.54, 1.807) is 31.2 Å². The maximum Gasteiger partial charge on any atom is 0.296 e. The van der Waals surface area contributed by atoms with E-state index in [0.29, 0.717) is 11.4 Å². The number of carbonyl (C=O) groups is 1. The van der Waals surface area contributed by atoms with E-state index in [1.165, 1.54) is 6.92 Å². The van der Waals surface area contributed by atoms with Gasteiger partial charge in [-0.1, -0.05) is 6.07 Å². The summed E-state index contributed by atoms with van der Waals surface area (Å²) in [6.07, 6.45) is 0. The highest BCUT2D eigenvalue weighted by molar-refractivity contribution is 5.96. The van der Waals surface area contributed by atoms with Gasteiger partial charge in [-0.2, -0.15) is 4.79 Å². The standard InChI is InChI=1S/C10H11N3O/c1-7(13-11)9-4-3-5-10(6-9)12-8(2)14/h3-6H,1-2H3,(H,12,14). The molecule has 4 heteroatoms. The van der Waals surface area contributed by atoms with Crippen LogP contribution in [0.1, 0.15) is 19.4 Å². The molecule has 1 aromatic rings. The lowest BCUT2D eigenvalue weighted by Gasteiger charge is -2.01. The van der Waals surface area contributed by atoms with E-state index in [2.05, 4.69) is 10.1 Å². The summed E-state index contributed by atoms with van der Waals surface area (Å²) in [5, 5.41) is 2.65. The fourth-order valence-corrected chi connectivity index (χ4v) is 1.08. The Morgan fingerprint density at radius 3 is 2.71 bits per heavy atom. The second-order valence-electron chi connectivity index (χ2n) is 2.95. The molecule has 72 valence electrons. The molecule has 0 fully saturated rings. The van der Waals surface area contributed by atoms with Crippen molar-refractivity contribution in [1.29, 1.82) is 0 Å². The number of carbonyl (C=O) groups excluding carboxylic acids is 1. The largest absolute Gasteiger partial charge is 0.361 e. The summed E-state index contributed by atoms with van der Waals surface area (Å²) < 4.78 is 0. The molecule has 4 nitrogen and oxygen atoms in total. The van der Waals surface area contributed by atoms with E-state index in [0.717, 1.165) is 5.56 Å². The topological polar surface area (TPSA) is 65.5 Å². The zero-order chi connectivity index (χ0) is 10.6. The lowest BCUT2D eigenvalue weighted by molar-refractivity contribution is -0.114. The van der Waals surface area contributed by atoms with Crippen LogP contribution in [-0.4, -0.2) is 16.4 Å². The Kier molecular flexibility index (Phi) is 3.15. The first-order valence-corrected chi connectivity index (χ1v) is 4.20. The Morgan fingerprint density at radius 2 is 2.14 bits per heavy atom. The maximum absolute atomic E-state index is 10.8. The van der Waals surface area contributed by atoms with Crippen LogP contribution in [0.25, 0.3) is 5.53 Å². The van der Waals surface area contributed by atoms with Crippen LogP contribution in [0.5, 0.6) is 0 Å². The normalized spacial score (nSPS) is 9.00. The van der Waals surface area contributed by atoms with Gasteiger partial charge in [-0.15, -0.1) is 0 Å². The van der Waals surface area contributed by atoms with E-state index in [9.17, 15) is 4.79 Å². The molecule has 1 amide bonds. The van der Waals surface area contributed by atoms with Gasteiger partial charge in [-0.3, -0.25) is 4.79 Å². The fourth-order valence-electron chi connectivity index (χ4n) is 1.08. The van der Waals surface area contributed by atoms with E-state index in [4.69, 9.17) is 5.53 Å². The summed E-state index contributed by atoms with van der Waals surface area (Å²) in [5.41, 5.74) is 10.5. The van der Waals surface area contributed by atoms with Gasteiger partial charge in [0.2, 0.25) is 5.91 Å². The van der Waals surface area contributed by atoms with Crippen molar-refractivity contribution in [2.45, 2.75) is 13.8 Å². The fraction of sp³-hybridized carbons (Fsp3) is 0.200. The van der Waals surface area contributed by atoms with Crippen LogP contribution in [0.15, 0.2) is 24.3 Å². The maximum atomic E-state index is 10.8. The predicted molar refractivity (Wildman–Crippen MR) is 54.1 cm³/mol. The SMILES string of the molecule is CC(=O)Nc1cccc(C(C)=[N+]=[N-])c1. The second kappa shape index (κ2) is 4.35. The van der Waals surface area contributed by atoms with Gasteiger partial charge in [-0.25, -0.2) is 0 Å². The third-order valence-corrected chi connectivity index (χ3v) is 1.75. The van der Waals surface area contributed by atoms with E-state index < -0.39 is 0 Å². The van der Waals surface area contributed by atoms with Crippen LogP contribution < -0.4 is 5.32 Å². The summed E-state index contributed by atoms with van der Waals surface area (Å²) >= 11 is 0. The van der Waals surface area contributed by atoms with Gasteiger partial charge in [0.25, 0.3) is 5.71 Å². The minimum Gasteiger partial charge on any atom is -0.361 e. The van der Waals surface area contributed by atoms with E-state index >= 15 is 0 Å². The van der Waals surface area contributed by atoms with Gasteiger partial charge in [0.15, 0.2) is 0 Å². The molecule has 0 aliphatic heterocycles. The first-order valence-electron chi connectivity index (χ1n) is 4.20. The lowest BCUT2D eigenvalue weighted by Crippen LogP contribution is -2.06.